The van der Waals surface area contributed by atoms with Gasteiger partial charge in [0.25, 0.3) is 5.91 Å². The number of nitrogens with one attached hydrogen (secondary N) is 1. The lowest BCUT2D eigenvalue weighted by molar-refractivity contribution is 0.0950. The van der Waals surface area contributed by atoms with E-state index in [2.05, 4.69) is 15.3 Å². The van der Waals surface area contributed by atoms with Crippen LogP contribution in [0.2, 0.25) is 0 Å². The number of hydrogen-bond donors (Lipinski definition) is 2. The van der Waals surface area contributed by atoms with E-state index in [0.29, 0.717) is 17.8 Å². The smallest absolute Gasteiger partial charge is 0.251 e. The van der Waals surface area contributed by atoms with Crippen molar-refractivity contribution in [3.63, 3.8) is 0 Å². The topological polar surface area (TPSA) is 75.1 Å². The summed E-state index contributed by atoms with van der Waals surface area (Å²) in [6.07, 6.45) is 4.74. The van der Waals surface area contributed by atoms with Crippen molar-refractivity contribution in [2.45, 2.75) is 6.54 Å². The van der Waals surface area contributed by atoms with Crippen LogP contribution in [-0.2, 0) is 6.54 Å². The second-order valence-corrected chi connectivity index (χ2v) is 3.43. The lowest BCUT2D eigenvalue weighted by atomic mass is 10.2. The van der Waals surface area contributed by atoms with E-state index < -0.39 is 0 Å². The molecule has 0 spiro atoms. The normalized spacial score (nSPS) is 9.88. The molecule has 17 heavy (non-hydrogen) atoms. The van der Waals surface area contributed by atoms with Crippen LogP contribution in [0.3, 0.4) is 0 Å². The number of hydrogen-bond acceptors (Lipinski definition) is 4. The van der Waals surface area contributed by atoms with Gasteiger partial charge < -0.3 is 10.4 Å². The maximum atomic E-state index is 11.7. The molecule has 0 fully saturated rings. The van der Waals surface area contributed by atoms with E-state index in [1.807, 2.05) is 0 Å². The molecule has 1 aromatic carbocycles. The Hall–Kier alpha value is -2.43. The molecule has 0 aliphatic carbocycles. The summed E-state index contributed by atoms with van der Waals surface area (Å²) in [5.41, 5.74) is 1.19. The second kappa shape index (κ2) is 5.07. The summed E-state index contributed by atoms with van der Waals surface area (Å²) in [5, 5.41) is 11.8. The van der Waals surface area contributed by atoms with Gasteiger partial charge in [-0.15, -0.1) is 0 Å². The Labute approximate surface area is 98.2 Å². The van der Waals surface area contributed by atoms with Crippen LogP contribution in [0.15, 0.2) is 42.9 Å². The van der Waals surface area contributed by atoms with Gasteiger partial charge in [0.05, 0.1) is 18.4 Å². The third kappa shape index (κ3) is 3.01. The zero-order chi connectivity index (χ0) is 12.1. The van der Waals surface area contributed by atoms with Crippen LogP contribution in [0, 0.1) is 0 Å². The average molecular weight is 229 g/mol. The van der Waals surface area contributed by atoms with Gasteiger partial charge in [0.2, 0.25) is 0 Å². The van der Waals surface area contributed by atoms with Crippen LogP contribution < -0.4 is 5.32 Å². The second-order valence-electron chi connectivity index (χ2n) is 3.43. The Morgan fingerprint density at radius 3 is 2.65 bits per heavy atom. The number of aromatic nitrogens is 2. The van der Waals surface area contributed by atoms with Gasteiger partial charge in [-0.05, 0) is 24.3 Å². The minimum Gasteiger partial charge on any atom is -0.508 e. The molecular weight excluding hydrogens is 218 g/mol. The molecule has 2 N–H and O–H groups in total. The standard InChI is InChI=1S/C12H11N3O2/c16-11-3-1-9(2-4-11)12(17)15-8-10-7-13-5-6-14-10/h1-7,16H,8H2,(H,15,17). The molecule has 2 aromatic rings. The predicted molar refractivity (Wildman–Crippen MR) is 61.3 cm³/mol. The van der Waals surface area contributed by atoms with Crippen LogP contribution in [0.5, 0.6) is 5.75 Å². The summed E-state index contributed by atoms with van der Waals surface area (Å²) in [4.78, 5) is 19.6. The molecule has 1 heterocycles. The molecule has 5 heteroatoms. The number of aromatic hydroxyl groups is 1. The first kappa shape index (κ1) is 11.1. The summed E-state index contributed by atoms with van der Waals surface area (Å²) >= 11 is 0. The van der Waals surface area contributed by atoms with E-state index >= 15 is 0 Å². The molecule has 0 aliphatic rings. The molecule has 0 bridgehead atoms. The van der Waals surface area contributed by atoms with Crippen LogP contribution in [0.25, 0.3) is 0 Å². The maximum Gasteiger partial charge on any atom is 0.251 e. The van der Waals surface area contributed by atoms with Crippen molar-refractivity contribution in [2.75, 3.05) is 0 Å². The van der Waals surface area contributed by atoms with Crippen molar-refractivity contribution in [3.8, 4) is 5.75 Å². The van der Waals surface area contributed by atoms with Crippen LogP contribution in [0.1, 0.15) is 16.1 Å². The quantitative estimate of drug-likeness (QED) is 0.826. The highest BCUT2D eigenvalue weighted by Gasteiger charge is 2.05. The first-order valence-corrected chi connectivity index (χ1v) is 5.08. The van der Waals surface area contributed by atoms with Crippen molar-refractivity contribution in [1.29, 1.82) is 0 Å². The number of amides is 1. The minimum atomic E-state index is -0.212. The highest BCUT2D eigenvalue weighted by Crippen LogP contribution is 2.09. The SMILES string of the molecule is O=C(NCc1cnccn1)c1ccc(O)cc1. The summed E-state index contributed by atoms with van der Waals surface area (Å²) in [5.74, 6) is -0.0777. The van der Waals surface area contributed by atoms with Gasteiger partial charge >= 0.3 is 0 Å². The van der Waals surface area contributed by atoms with Crippen molar-refractivity contribution in [2.24, 2.45) is 0 Å². The zero-order valence-corrected chi connectivity index (χ0v) is 9.00. The molecule has 0 saturated heterocycles. The lowest BCUT2D eigenvalue weighted by Gasteiger charge is -2.04. The average Bonchev–Trinajstić information content (AvgIpc) is 2.38. The number of nitrogens with zero attached hydrogens (tertiary/aromatic N) is 2. The number of benzene rings is 1. The van der Waals surface area contributed by atoms with Crippen LogP contribution in [0.4, 0.5) is 0 Å². The molecule has 1 amide bonds. The Bertz CT molecular complexity index is 497. The van der Waals surface area contributed by atoms with Gasteiger partial charge in [-0.2, -0.15) is 0 Å². The lowest BCUT2D eigenvalue weighted by Crippen LogP contribution is -2.23. The van der Waals surface area contributed by atoms with E-state index in [4.69, 9.17) is 5.11 Å². The summed E-state index contributed by atoms with van der Waals surface area (Å²) in [6, 6.07) is 6.05. The van der Waals surface area contributed by atoms with Crippen molar-refractivity contribution >= 4 is 5.91 Å². The van der Waals surface area contributed by atoms with Gasteiger partial charge in [-0.3, -0.25) is 14.8 Å². The van der Waals surface area contributed by atoms with E-state index in [9.17, 15) is 4.79 Å². The summed E-state index contributed by atoms with van der Waals surface area (Å²) in [7, 11) is 0. The molecule has 0 saturated carbocycles. The Morgan fingerprint density at radius 2 is 2.00 bits per heavy atom. The monoisotopic (exact) mass is 229 g/mol. The number of rotatable bonds is 3. The van der Waals surface area contributed by atoms with E-state index in [1.54, 1.807) is 30.7 Å². The number of phenols is 1. The van der Waals surface area contributed by atoms with E-state index in [1.165, 1.54) is 12.1 Å². The number of carbonyl (C=O) groups excluding carboxylic acids is 1. The molecule has 0 unspecified atom stereocenters. The first-order chi connectivity index (χ1) is 8.25. The van der Waals surface area contributed by atoms with Crippen molar-refractivity contribution in [3.05, 3.63) is 54.1 Å². The minimum absolute atomic E-state index is 0.135. The fourth-order valence-corrected chi connectivity index (χ4v) is 1.31. The largest absolute Gasteiger partial charge is 0.508 e. The first-order valence-electron chi connectivity index (χ1n) is 5.08. The Kier molecular flexibility index (Phi) is 3.30. The molecule has 1 aromatic heterocycles. The molecule has 5 nitrogen and oxygen atoms in total. The molecule has 0 aliphatic heterocycles. The van der Waals surface area contributed by atoms with Gasteiger partial charge in [0.15, 0.2) is 0 Å². The number of carbonyl (C=O) groups is 1. The van der Waals surface area contributed by atoms with Crippen LogP contribution in [-0.4, -0.2) is 21.0 Å². The zero-order valence-electron chi connectivity index (χ0n) is 9.00. The molecule has 0 atom stereocenters. The highest BCUT2D eigenvalue weighted by molar-refractivity contribution is 5.94. The third-order valence-electron chi connectivity index (χ3n) is 2.18. The van der Waals surface area contributed by atoms with Gasteiger partial charge in [-0.1, -0.05) is 0 Å². The van der Waals surface area contributed by atoms with Crippen LogP contribution >= 0.6 is 0 Å². The fraction of sp³-hybridized carbons (Fsp3) is 0.0833. The number of phenolic OH excluding ortho intramolecular Hbond substituents is 1. The van der Waals surface area contributed by atoms with Gasteiger partial charge in [-0.25, -0.2) is 0 Å². The third-order valence-corrected chi connectivity index (χ3v) is 2.18. The maximum absolute atomic E-state index is 11.7. The van der Waals surface area contributed by atoms with E-state index in [0.717, 1.165) is 0 Å². The molecular formula is C12H11N3O2. The summed E-state index contributed by atoms with van der Waals surface area (Å²) in [6.45, 7) is 0.327. The predicted octanol–water partition coefficient (Wildman–Crippen LogP) is 1.11. The fourth-order valence-electron chi connectivity index (χ4n) is 1.31. The Balaban J connectivity index is 1.96. The van der Waals surface area contributed by atoms with Gasteiger partial charge in [0, 0.05) is 18.0 Å². The summed E-state index contributed by atoms with van der Waals surface area (Å²) < 4.78 is 0. The molecule has 2 rings (SSSR count). The Morgan fingerprint density at radius 1 is 1.24 bits per heavy atom. The van der Waals surface area contributed by atoms with E-state index in [-0.39, 0.29) is 11.7 Å². The van der Waals surface area contributed by atoms with Crippen molar-refractivity contribution < 1.29 is 9.90 Å². The molecule has 0 radical (unpaired) electrons. The highest BCUT2D eigenvalue weighted by atomic mass is 16.3. The van der Waals surface area contributed by atoms with Gasteiger partial charge in [0.1, 0.15) is 5.75 Å². The van der Waals surface area contributed by atoms with Crippen molar-refractivity contribution in [1.82, 2.24) is 15.3 Å². The molecule has 86 valence electrons.